The van der Waals surface area contributed by atoms with Gasteiger partial charge in [-0.05, 0) is 23.9 Å². The minimum atomic E-state index is 0.321. The number of hydrogen-bond donors (Lipinski definition) is 0. The molecule has 0 bridgehead atoms. The van der Waals surface area contributed by atoms with Gasteiger partial charge >= 0.3 is 0 Å². The molecule has 0 saturated carbocycles. The molecule has 0 aliphatic carbocycles. The molecule has 0 N–H and O–H groups in total. The highest BCUT2D eigenvalue weighted by molar-refractivity contribution is 7.96. The normalized spacial score (nSPS) is 9.75. The van der Waals surface area contributed by atoms with Crippen LogP contribution in [0.3, 0.4) is 0 Å². The van der Waals surface area contributed by atoms with Gasteiger partial charge in [0.15, 0.2) is 0 Å². The molecule has 1 rings (SSSR count). The third-order valence-electron chi connectivity index (χ3n) is 0.885. The van der Waals surface area contributed by atoms with E-state index >= 15 is 0 Å². The summed E-state index contributed by atoms with van der Waals surface area (Å²) in [5.74, 6) is 0. The van der Waals surface area contributed by atoms with E-state index in [1.54, 1.807) is 0 Å². The van der Waals surface area contributed by atoms with Crippen LogP contribution in [0.25, 0.3) is 0 Å². The van der Waals surface area contributed by atoms with Crippen molar-refractivity contribution in [2.45, 2.75) is 11.1 Å². The van der Waals surface area contributed by atoms with Crippen molar-refractivity contribution in [3.05, 3.63) is 17.0 Å². The fourth-order valence-electron chi connectivity index (χ4n) is 0.438. The highest BCUT2D eigenvalue weighted by atomic mass is 32.2. The molecule has 0 unspecified atom stereocenters. The molecule has 0 aliphatic heterocycles. The maximum Gasteiger partial charge on any atom is 0.0959 e. The lowest BCUT2D eigenvalue weighted by Gasteiger charge is -1.83. The van der Waals surface area contributed by atoms with Crippen LogP contribution in [-0.4, -0.2) is 0 Å². The fraction of sp³-hybridized carbons (Fsp3) is 0.200. The maximum atomic E-state index is 11.7. The van der Waals surface area contributed by atoms with Gasteiger partial charge < -0.3 is 0 Å². The van der Waals surface area contributed by atoms with Crippen molar-refractivity contribution in [2.75, 3.05) is 0 Å². The molecule has 0 atom stereocenters. The largest absolute Gasteiger partial charge is 0.159 e. The number of halogens is 1. The number of rotatable bonds is 1. The monoisotopic (exact) mass is 148 g/mol. The summed E-state index contributed by atoms with van der Waals surface area (Å²) in [6.07, 6.45) is 0. The Kier molecular flexibility index (Phi) is 1.91. The molecule has 1 aromatic rings. The maximum absolute atomic E-state index is 11.7. The summed E-state index contributed by atoms with van der Waals surface area (Å²) < 4.78 is 12.5. The van der Waals surface area contributed by atoms with Crippen LogP contribution in [0.2, 0.25) is 0 Å². The van der Waals surface area contributed by atoms with E-state index < -0.39 is 0 Å². The van der Waals surface area contributed by atoms with Crippen molar-refractivity contribution in [1.82, 2.24) is 0 Å². The second kappa shape index (κ2) is 2.51. The van der Waals surface area contributed by atoms with Crippen LogP contribution >= 0.6 is 23.5 Å². The van der Waals surface area contributed by atoms with Crippen molar-refractivity contribution in [2.24, 2.45) is 0 Å². The van der Waals surface area contributed by atoms with Gasteiger partial charge in [0.2, 0.25) is 0 Å². The van der Waals surface area contributed by atoms with E-state index in [1.807, 2.05) is 18.4 Å². The molecule has 0 aliphatic rings. The van der Waals surface area contributed by atoms with Gasteiger partial charge in [0, 0.05) is 0 Å². The third-order valence-corrected chi connectivity index (χ3v) is 2.63. The molecule has 1 aromatic heterocycles. The Morgan fingerprint density at radius 2 is 2.50 bits per heavy atom. The van der Waals surface area contributed by atoms with Gasteiger partial charge in [-0.2, -0.15) is 3.89 Å². The fourth-order valence-corrected chi connectivity index (χ4v) is 1.59. The van der Waals surface area contributed by atoms with E-state index in [2.05, 4.69) is 0 Å². The first-order valence-electron chi connectivity index (χ1n) is 2.17. The highest BCUT2D eigenvalue weighted by Gasteiger charge is 1.96. The quantitative estimate of drug-likeness (QED) is 0.590. The molecule has 8 heavy (non-hydrogen) atoms. The predicted molar refractivity (Wildman–Crippen MR) is 36.0 cm³/mol. The Morgan fingerprint density at radius 3 is 2.75 bits per heavy atom. The molecule has 0 amide bonds. The molecule has 0 aromatic carbocycles. The highest BCUT2D eigenvalue weighted by Crippen LogP contribution is 2.28. The van der Waals surface area contributed by atoms with E-state index in [-0.39, 0.29) is 0 Å². The lowest BCUT2D eigenvalue weighted by atomic mass is 10.4. The van der Waals surface area contributed by atoms with Crippen LogP contribution in [0.5, 0.6) is 0 Å². The van der Waals surface area contributed by atoms with Crippen LogP contribution in [0.4, 0.5) is 3.89 Å². The molecule has 1 heterocycles. The van der Waals surface area contributed by atoms with Gasteiger partial charge in [0.1, 0.15) is 0 Å². The van der Waals surface area contributed by atoms with Crippen molar-refractivity contribution < 1.29 is 3.89 Å². The second-order valence-corrected chi connectivity index (χ2v) is 3.21. The second-order valence-electron chi connectivity index (χ2n) is 1.47. The number of aryl methyl sites for hydroxylation is 1. The number of thiophene rings is 1. The molecule has 0 spiro atoms. The van der Waals surface area contributed by atoms with Gasteiger partial charge in [-0.25, -0.2) is 0 Å². The minimum absolute atomic E-state index is 0.321. The average molecular weight is 148 g/mol. The lowest BCUT2D eigenvalue weighted by molar-refractivity contribution is 0.937. The summed E-state index contributed by atoms with van der Waals surface area (Å²) in [6, 6.07) is 1.91. The van der Waals surface area contributed by atoms with Crippen LogP contribution in [-0.2, 0) is 0 Å². The molecule has 0 nitrogen and oxygen atoms in total. The van der Waals surface area contributed by atoms with Gasteiger partial charge in [-0.1, -0.05) is 0 Å². The standard InChI is InChI=1S/C5H5FS2/c1-4-2-3-7-5(4)8-6/h2-3H,1H3. The molecule has 44 valence electrons. The first-order valence-corrected chi connectivity index (χ1v) is 3.77. The van der Waals surface area contributed by atoms with Crippen LogP contribution in [0, 0.1) is 6.92 Å². The third kappa shape index (κ3) is 1.03. The van der Waals surface area contributed by atoms with Crippen LogP contribution in [0.1, 0.15) is 5.56 Å². The summed E-state index contributed by atoms with van der Waals surface area (Å²) in [6.45, 7) is 1.90. The topological polar surface area (TPSA) is 0 Å². The van der Waals surface area contributed by atoms with E-state index in [1.165, 1.54) is 11.3 Å². The van der Waals surface area contributed by atoms with E-state index in [0.29, 0.717) is 12.1 Å². The summed E-state index contributed by atoms with van der Waals surface area (Å²) >= 11 is 1.76. The average Bonchev–Trinajstić information content (AvgIpc) is 2.14. The zero-order chi connectivity index (χ0) is 5.98. The smallest absolute Gasteiger partial charge is 0.0959 e. The van der Waals surface area contributed by atoms with Gasteiger partial charge in [-0.15, -0.1) is 11.3 Å². The van der Waals surface area contributed by atoms with E-state index in [9.17, 15) is 3.89 Å². The summed E-state index contributed by atoms with van der Waals surface area (Å²) in [5.41, 5.74) is 1.03. The first-order chi connectivity index (χ1) is 3.84. The molecule has 3 heteroatoms. The van der Waals surface area contributed by atoms with Crippen molar-refractivity contribution in [3.63, 3.8) is 0 Å². The summed E-state index contributed by atoms with van der Waals surface area (Å²) in [7, 11) is 0. The predicted octanol–water partition coefficient (Wildman–Crippen LogP) is 3.03. The zero-order valence-corrected chi connectivity index (χ0v) is 5.98. The van der Waals surface area contributed by atoms with Crippen LogP contribution < -0.4 is 0 Å². The summed E-state index contributed by atoms with van der Waals surface area (Å²) in [5, 5.41) is 1.89. The molecule has 0 radical (unpaired) electrons. The molecule has 0 saturated heterocycles. The Balaban J connectivity index is 2.92. The molecule has 0 fully saturated rings. The first kappa shape index (κ1) is 6.11. The zero-order valence-electron chi connectivity index (χ0n) is 4.35. The van der Waals surface area contributed by atoms with Crippen LogP contribution in [0.15, 0.2) is 15.7 Å². The Hall–Kier alpha value is -0.0200. The van der Waals surface area contributed by atoms with Gasteiger partial charge in [-0.3, -0.25) is 0 Å². The Morgan fingerprint density at radius 1 is 1.75 bits per heavy atom. The van der Waals surface area contributed by atoms with Crippen molar-refractivity contribution >= 4 is 23.5 Å². The van der Waals surface area contributed by atoms with Crippen molar-refractivity contribution in [1.29, 1.82) is 0 Å². The molecular weight excluding hydrogens is 143 g/mol. The van der Waals surface area contributed by atoms with Crippen molar-refractivity contribution in [3.8, 4) is 0 Å². The number of hydrogen-bond acceptors (Lipinski definition) is 2. The van der Waals surface area contributed by atoms with Gasteiger partial charge in [0.25, 0.3) is 0 Å². The Bertz CT molecular complexity index is 171. The SMILES string of the molecule is Cc1ccsc1SF. The van der Waals surface area contributed by atoms with Gasteiger partial charge in [0.05, 0.1) is 16.4 Å². The van der Waals surface area contributed by atoms with E-state index in [0.717, 1.165) is 9.77 Å². The van der Waals surface area contributed by atoms with E-state index in [4.69, 9.17) is 0 Å². The summed E-state index contributed by atoms with van der Waals surface area (Å²) in [4.78, 5) is 0. The lowest BCUT2D eigenvalue weighted by Crippen LogP contribution is -1.59. The minimum Gasteiger partial charge on any atom is -0.159 e. The molecular formula is C5H5FS2. The Labute approximate surface area is 56.0 Å².